The highest BCUT2D eigenvalue weighted by molar-refractivity contribution is 9.12. The van der Waals surface area contributed by atoms with Crippen LogP contribution in [-0.4, -0.2) is 5.88 Å². The molecule has 0 unspecified atom stereocenters. The van der Waals surface area contributed by atoms with Gasteiger partial charge in [0.05, 0.1) is 7.57 Å². The molecule has 4 heteroatoms. The molecule has 0 aromatic carbocycles. The Morgan fingerprint density at radius 2 is 1.86 bits per heavy atom. The molecule has 1 rings (SSSR count). The second-order valence-corrected chi connectivity index (χ2v) is 7.33. The summed E-state index contributed by atoms with van der Waals surface area (Å²) in [5.74, 6) is 0.799. The first kappa shape index (κ1) is 13.0. The topological polar surface area (TPSA) is 0 Å². The average molecular weight is 361 g/mol. The molecule has 0 saturated carbocycles. The van der Waals surface area contributed by atoms with Crippen LogP contribution in [0.25, 0.3) is 0 Å². The van der Waals surface area contributed by atoms with E-state index in [1.165, 1.54) is 38.8 Å². The standard InChI is InChI=1S/C10H13Br2ClS/c11-9-7-8(10(12)14-9)5-3-1-2-4-6-13/h7H,1-6H2. The maximum Gasteiger partial charge on any atom is 0.0742 e. The van der Waals surface area contributed by atoms with Gasteiger partial charge in [0.15, 0.2) is 0 Å². The third-order valence-corrected chi connectivity index (χ3v) is 4.79. The molecule has 0 aliphatic heterocycles. The molecule has 1 aromatic heterocycles. The van der Waals surface area contributed by atoms with Crippen LogP contribution in [0.3, 0.4) is 0 Å². The van der Waals surface area contributed by atoms with Crippen molar-refractivity contribution in [2.75, 3.05) is 5.88 Å². The first-order valence-corrected chi connectivity index (χ1v) is 7.67. The van der Waals surface area contributed by atoms with Crippen LogP contribution < -0.4 is 0 Å². The number of thiophene rings is 1. The summed E-state index contributed by atoms with van der Waals surface area (Å²) in [5, 5.41) is 0. The lowest BCUT2D eigenvalue weighted by Gasteiger charge is -1.98. The van der Waals surface area contributed by atoms with E-state index in [9.17, 15) is 0 Å². The van der Waals surface area contributed by atoms with Gasteiger partial charge in [0.1, 0.15) is 0 Å². The highest BCUT2D eigenvalue weighted by Crippen LogP contribution is 2.32. The maximum absolute atomic E-state index is 5.61. The molecule has 80 valence electrons. The molecular weight excluding hydrogens is 347 g/mol. The second-order valence-electron chi connectivity index (χ2n) is 3.20. The molecule has 0 aliphatic rings. The van der Waals surface area contributed by atoms with Crippen molar-refractivity contribution in [1.29, 1.82) is 0 Å². The van der Waals surface area contributed by atoms with Crippen molar-refractivity contribution >= 4 is 54.8 Å². The quantitative estimate of drug-likeness (QED) is 0.456. The van der Waals surface area contributed by atoms with Gasteiger partial charge in [-0.05, 0) is 62.8 Å². The summed E-state index contributed by atoms with van der Waals surface area (Å²) in [5.41, 5.74) is 1.42. The zero-order chi connectivity index (χ0) is 10.4. The van der Waals surface area contributed by atoms with Gasteiger partial charge in [0.2, 0.25) is 0 Å². The minimum Gasteiger partial charge on any atom is -0.127 e. The first-order valence-electron chi connectivity index (χ1n) is 4.73. The van der Waals surface area contributed by atoms with E-state index in [0.29, 0.717) is 0 Å². The third kappa shape index (κ3) is 4.65. The van der Waals surface area contributed by atoms with Crippen molar-refractivity contribution in [3.63, 3.8) is 0 Å². The number of alkyl halides is 1. The van der Waals surface area contributed by atoms with Crippen molar-refractivity contribution < 1.29 is 0 Å². The molecule has 0 atom stereocenters. The van der Waals surface area contributed by atoms with E-state index in [1.807, 2.05) is 0 Å². The Morgan fingerprint density at radius 1 is 1.14 bits per heavy atom. The van der Waals surface area contributed by atoms with Crippen LogP contribution in [0.4, 0.5) is 0 Å². The molecule has 0 saturated heterocycles. The Kier molecular flexibility index (Phi) is 6.75. The van der Waals surface area contributed by atoms with Crippen molar-refractivity contribution in [3.8, 4) is 0 Å². The van der Waals surface area contributed by atoms with E-state index in [2.05, 4.69) is 37.9 Å². The van der Waals surface area contributed by atoms with E-state index in [-0.39, 0.29) is 0 Å². The van der Waals surface area contributed by atoms with E-state index < -0.39 is 0 Å². The number of hydrogen-bond acceptors (Lipinski definition) is 1. The van der Waals surface area contributed by atoms with E-state index in [1.54, 1.807) is 11.3 Å². The fourth-order valence-electron chi connectivity index (χ4n) is 1.31. The predicted molar refractivity (Wildman–Crippen MR) is 72.6 cm³/mol. The lowest BCUT2D eigenvalue weighted by atomic mass is 10.1. The molecule has 1 heterocycles. The molecule has 0 aliphatic carbocycles. The van der Waals surface area contributed by atoms with Crippen LogP contribution in [0.15, 0.2) is 13.6 Å². The van der Waals surface area contributed by atoms with Gasteiger partial charge in [0.25, 0.3) is 0 Å². The number of unbranched alkanes of at least 4 members (excludes halogenated alkanes) is 3. The summed E-state index contributed by atoms with van der Waals surface area (Å²) in [7, 11) is 0. The fourth-order valence-corrected chi connectivity index (χ4v) is 4.41. The van der Waals surface area contributed by atoms with Gasteiger partial charge in [-0.2, -0.15) is 0 Å². The van der Waals surface area contributed by atoms with Gasteiger partial charge < -0.3 is 0 Å². The summed E-state index contributed by atoms with van der Waals surface area (Å²) in [4.78, 5) is 0. The first-order chi connectivity index (χ1) is 6.74. The minimum absolute atomic E-state index is 0.799. The highest BCUT2D eigenvalue weighted by atomic mass is 79.9. The SMILES string of the molecule is ClCCCCCCc1cc(Br)sc1Br. The Labute approximate surface area is 111 Å². The van der Waals surface area contributed by atoms with Crippen molar-refractivity contribution in [2.45, 2.75) is 32.1 Å². The molecule has 14 heavy (non-hydrogen) atoms. The van der Waals surface area contributed by atoms with Crippen LogP contribution in [0.1, 0.15) is 31.2 Å². The zero-order valence-corrected chi connectivity index (χ0v) is 12.6. The van der Waals surface area contributed by atoms with Gasteiger partial charge >= 0.3 is 0 Å². The van der Waals surface area contributed by atoms with Crippen molar-refractivity contribution in [2.24, 2.45) is 0 Å². The van der Waals surface area contributed by atoms with E-state index in [4.69, 9.17) is 11.6 Å². The Morgan fingerprint density at radius 3 is 2.43 bits per heavy atom. The lowest BCUT2D eigenvalue weighted by molar-refractivity contribution is 0.669. The summed E-state index contributed by atoms with van der Waals surface area (Å²) in [6.07, 6.45) is 6.12. The fraction of sp³-hybridized carbons (Fsp3) is 0.600. The maximum atomic E-state index is 5.61. The molecule has 0 amide bonds. The normalized spacial score (nSPS) is 10.8. The van der Waals surface area contributed by atoms with Crippen LogP contribution in [-0.2, 0) is 6.42 Å². The molecule has 0 nitrogen and oxygen atoms in total. The number of halogens is 3. The molecule has 0 fully saturated rings. The van der Waals surface area contributed by atoms with Gasteiger partial charge in [-0.15, -0.1) is 22.9 Å². The summed E-state index contributed by atoms with van der Waals surface area (Å²) in [6.45, 7) is 0. The van der Waals surface area contributed by atoms with E-state index >= 15 is 0 Å². The Balaban J connectivity index is 2.21. The molecule has 0 bridgehead atoms. The average Bonchev–Trinajstić information content (AvgIpc) is 2.45. The minimum atomic E-state index is 0.799. The van der Waals surface area contributed by atoms with Crippen LogP contribution in [0.5, 0.6) is 0 Å². The van der Waals surface area contributed by atoms with Crippen molar-refractivity contribution in [3.05, 3.63) is 19.2 Å². The molecule has 1 aromatic rings. The van der Waals surface area contributed by atoms with Crippen LogP contribution in [0, 0.1) is 0 Å². The monoisotopic (exact) mass is 358 g/mol. The van der Waals surface area contributed by atoms with E-state index in [0.717, 1.165) is 12.3 Å². The third-order valence-electron chi connectivity index (χ3n) is 2.06. The van der Waals surface area contributed by atoms with Gasteiger partial charge in [-0.25, -0.2) is 0 Å². The smallest absolute Gasteiger partial charge is 0.0742 e. The summed E-state index contributed by atoms with van der Waals surface area (Å²) < 4.78 is 2.47. The van der Waals surface area contributed by atoms with Crippen molar-refractivity contribution in [1.82, 2.24) is 0 Å². The predicted octanol–water partition coefficient (Wildman–Crippen LogP) is 5.61. The van der Waals surface area contributed by atoms with Crippen LogP contribution >= 0.6 is 54.8 Å². The Bertz CT molecular complexity index is 273. The van der Waals surface area contributed by atoms with Crippen LogP contribution in [0.2, 0.25) is 0 Å². The number of aryl methyl sites for hydroxylation is 1. The largest absolute Gasteiger partial charge is 0.127 e. The molecule has 0 spiro atoms. The van der Waals surface area contributed by atoms with Gasteiger partial charge in [0, 0.05) is 5.88 Å². The van der Waals surface area contributed by atoms with Gasteiger partial charge in [-0.1, -0.05) is 12.8 Å². The number of rotatable bonds is 6. The summed E-state index contributed by atoms with van der Waals surface area (Å²) >= 11 is 14.4. The molecule has 0 radical (unpaired) electrons. The second kappa shape index (κ2) is 7.26. The number of hydrogen-bond donors (Lipinski definition) is 0. The lowest BCUT2D eigenvalue weighted by Crippen LogP contribution is -1.84. The molecule has 0 N–H and O–H groups in total. The zero-order valence-electron chi connectivity index (χ0n) is 7.86. The Hall–Kier alpha value is 0.950. The summed E-state index contributed by atoms with van der Waals surface area (Å²) in [6, 6.07) is 2.20. The van der Waals surface area contributed by atoms with Gasteiger partial charge in [-0.3, -0.25) is 0 Å². The molecular formula is C10H13Br2ClS. The highest BCUT2D eigenvalue weighted by Gasteiger charge is 2.04.